The van der Waals surface area contributed by atoms with Gasteiger partial charge in [-0.15, -0.1) is 0 Å². The minimum atomic E-state index is 0.0105. The maximum absolute atomic E-state index is 12.3. The van der Waals surface area contributed by atoms with Crippen molar-refractivity contribution in [2.75, 3.05) is 7.11 Å². The molecule has 1 aromatic heterocycles. The predicted molar refractivity (Wildman–Crippen MR) is 71.0 cm³/mol. The van der Waals surface area contributed by atoms with Gasteiger partial charge >= 0.3 is 5.56 Å². The Balaban J connectivity index is 2.46. The number of alkyl halides is 1. The Hall–Kier alpha value is -0.710. The van der Waals surface area contributed by atoms with Gasteiger partial charge in [0.1, 0.15) is 0 Å². The Morgan fingerprint density at radius 3 is 2.47 bits per heavy atom. The molecule has 1 heterocycles. The molecule has 0 aliphatic heterocycles. The van der Waals surface area contributed by atoms with Crippen LogP contribution in [0.1, 0.15) is 43.8 Å². The molecule has 1 aliphatic rings. The lowest BCUT2D eigenvalue weighted by molar-refractivity contribution is 0.292. The van der Waals surface area contributed by atoms with Gasteiger partial charge in [-0.2, -0.15) is 0 Å². The number of hydrogen-bond acceptors (Lipinski definition) is 2. The molecule has 0 N–H and O–H groups in total. The molecule has 1 aliphatic carbocycles. The molecule has 0 unspecified atom stereocenters. The van der Waals surface area contributed by atoms with E-state index in [1.165, 1.54) is 19.3 Å². The molecule has 0 spiro atoms. The molecule has 0 saturated heterocycles. The summed E-state index contributed by atoms with van der Waals surface area (Å²) in [6.07, 6.45) is 5.92. The monoisotopic (exact) mass is 302 g/mol. The first-order valence-corrected chi connectivity index (χ1v) is 7.23. The summed E-state index contributed by atoms with van der Waals surface area (Å²) >= 11 is 3.42. The SMILES string of the molecule is COc1c(CBr)n(C)n(C2CCCCC2)c1=O. The van der Waals surface area contributed by atoms with Gasteiger partial charge in [-0.25, -0.2) is 4.68 Å². The van der Waals surface area contributed by atoms with Crippen LogP contribution in [0.15, 0.2) is 4.79 Å². The fraction of sp³-hybridized carbons (Fsp3) is 0.750. The molecular formula is C12H19BrN2O2. The van der Waals surface area contributed by atoms with Gasteiger partial charge in [-0.3, -0.25) is 9.48 Å². The zero-order valence-corrected chi connectivity index (χ0v) is 12.0. The van der Waals surface area contributed by atoms with E-state index in [9.17, 15) is 4.79 Å². The van der Waals surface area contributed by atoms with Crippen molar-refractivity contribution in [1.29, 1.82) is 0 Å². The van der Waals surface area contributed by atoms with Crippen molar-refractivity contribution in [3.8, 4) is 5.75 Å². The van der Waals surface area contributed by atoms with E-state index in [1.807, 2.05) is 16.4 Å². The van der Waals surface area contributed by atoms with E-state index in [0.29, 0.717) is 17.1 Å². The highest BCUT2D eigenvalue weighted by atomic mass is 79.9. The van der Waals surface area contributed by atoms with Crippen LogP contribution in [0.25, 0.3) is 0 Å². The second-order valence-corrected chi connectivity index (χ2v) is 5.14. The average molecular weight is 303 g/mol. The minimum Gasteiger partial charge on any atom is -0.490 e. The molecule has 5 heteroatoms. The third-order valence-corrected chi connectivity index (χ3v) is 4.16. The summed E-state index contributed by atoms with van der Waals surface area (Å²) in [6, 6.07) is 0.336. The highest BCUT2D eigenvalue weighted by molar-refractivity contribution is 9.08. The molecule has 0 aromatic carbocycles. The van der Waals surface area contributed by atoms with Crippen molar-refractivity contribution >= 4 is 15.9 Å². The van der Waals surface area contributed by atoms with E-state index in [-0.39, 0.29) is 5.56 Å². The number of rotatable bonds is 3. The van der Waals surface area contributed by atoms with Gasteiger partial charge < -0.3 is 4.74 Å². The first-order valence-electron chi connectivity index (χ1n) is 6.11. The van der Waals surface area contributed by atoms with Crippen LogP contribution < -0.4 is 10.3 Å². The van der Waals surface area contributed by atoms with E-state index in [0.717, 1.165) is 18.5 Å². The smallest absolute Gasteiger partial charge is 0.309 e. The zero-order chi connectivity index (χ0) is 12.4. The van der Waals surface area contributed by atoms with Gasteiger partial charge in [0, 0.05) is 12.4 Å². The molecule has 2 rings (SSSR count). The van der Waals surface area contributed by atoms with Crippen LogP contribution in [0, 0.1) is 0 Å². The van der Waals surface area contributed by atoms with Crippen molar-refractivity contribution in [2.24, 2.45) is 7.05 Å². The summed E-state index contributed by atoms with van der Waals surface area (Å²) in [7, 11) is 3.50. The van der Waals surface area contributed by atoms with Gasteiger partial charge in [0.2, 0.25) is 5.75 Å². The Morgan fingerprint density at radius 1 is 1.35 bits per heavy atom. The lowest BCUT2D eigenvalue weighted by Crippen LogP contribution is -2.28. The minimum absolute atomic E-state index is 0.0105. The molecule has 0 radical (unpaired) electrons. The van der Waals surface area contributed by atoms with Crippen LogP contribution in [0.5, 0.6) is 5.75 Å². The van der Waals surface area contributed by atoms with Crippen LogP contribution >= 0.6 is 15.9 Å². The summed E-state index contributed by atoms with van der Waals surface area (Å²) < 4.78 is 9.06. The molecular weight excluding hydrogens is 284 g/mol. The molecule has 0 atom stereocenters. The highest BCUT2D eigenvalue weighted by Gasteiger charge is 2.24. The molecule has 0 bridgehead atoms. The normalized spacial score (nSPS) is 17.4. The predicted octanol–water partition coefficient (Wildman–Crippen LogP) is 2.60. The topological polar surface area (TPSA) is 36.2 Å². The van der Waals surface area contributed by atoms with E-state index in [2.05, 4.69) is 15.9 Å². The van der Waals surface area contributed by atoms with Crippen molar-refractivity contribution in [2.45, 2.75) is 43.5 Å². The second-order valence-electron chi connectivity index (χ2n) is 4.58. The molecule has 0 amide bonds. The molecule has 4 nitrogen and oxygen atoms in total. The molecule has 17 heavy (non-hydrogen) atoms. The van der Waals surface area contributed by atoms with Crippen LogP contribution in [0.4, 0.5) is 0 Å². The summed E-state index contributed by atoms with van der Waals surface area (Å²) in [5.74, 6) is 0.481. The first kappa shape index (κ1) is 12.7. The summed E-state index contributed by atoms with van der Waals surface area (Å²) in [6.45, 7) is 0. The fourth-order valence-electron chi connectivity index (χ4n) is 2.73. The number of nitrogens with zero attached hydrogens (tertiary/aromatic N) is 2. The maximum Gasteiger partial charge on any atom is 0.309 e. The number of aromatic nitrogens is 2. The number of ether oxygens (including phenoxy) is 1. The van der Waals surface area contributed by atoms with Crippen molar-refractivity contribution in [3.05, 3.63) is 16.0 Å². The summed E-state index contributed by atoms with van der Waals surface area (Å²) in [4.78, 5) is 12.3. The Morgan fingerprint density at radius 2 is 2.00 bits per heavy atom. The molecule has 1 aromatic rings. The van der Waals surface area contributed by atoms with Crippen molar-refractivity contribution in [1.82, 2.24) is 9.36 Å². The van der Waals surface area contributed by atoms with E-state index < -0.39 is 0 Å². The second kappa shape index (κ2) is 5.29. The van der Waals surface area contributed by atoms with Crippen LogP contribution in [-0.4, -0.2) is 16.5 Å². The Kier molecular flexibility index (Phi) is 3.97. The van der Waals surface area contributed by atoms with Crippen molar-refractivity contribution < 1.29 is 4.74 Å². The van der Waals surface area contributed by atoms with E-state index in [1.54, 1.807) is 7.11 Å². The van der Waals surface area contributed by atoms with Gasteiger partial charge in [0.15, 0.2) is 0 Å². The van der Waals surface area contributed by atoms with Crippen LogP contribution in [0.3, 0.4) is 0 Å². The number of halogens is 1. The van der Waals surface area contributed by atoms with E-state index in [4.69, 9.17) is 4.74 Å². The van der Waals surface area contributed by atoms with Crippen LogP contribution in [-0.2, 0) is 12.4 Å². The zero-order valence-electron chi connectivity index (χ0n) is 10.4. The standard InChI is InChI=1S/C12H19BrN2O2/c1-14-10(8-13)11(17-2)12(16)15(14)9-6-4-3-5-7-9/h9H,3-8H2,1-2H3. The third kappa shape index (κ3) is 2.17. The summed E-state index contributed by atoms with van der Waals surface area (Å²) in [5, 5.41) is 0.641. The first-order chi connectivity index (χ1) is 8.20. The fourth-order valence-corrected chi connectivity index (χ4v) is 3.35. The number of hydrogen-bond donors (Lipinski definition) is 0. The Bertz CT molecular complexity index is 444. The molecule has 1 saturated carbocycles. The van der Waals surface area contributed by atoms with Gasteiger partial charge in [0.25, 0.3) is 0 Å². The lowest BCUT2D eigenvalue weighted by Gasteiger charge is -2.24. The quantitative estimate of drug-likeness (QED) is 0.805. The lowest BCUT2D eigenvalue weighted by atomic mass is 9.96. The molecule has 1 fully saturated rings. The molecule has 96 valence electrons. The van der Waals surface area contributed by atoms with Crippen molar-refractivity contribution in [3.63, 3.8) is 0 Å². The maximum atomic E-state index is 12.3. The van der Waals surface area contributed by atoms with Gasteiger partial charge in [-0.1, -0.05) is 35.2 Å². The average Bonchev–Trinajstić information content (AvgIpc) is 2.60. The van der Waals surface area contributed by atoms with Crippen LogP contribution in [0.2, 0.25) is 0 Å². The largest absolute Gasteiger partial charge is 0.490 e. The van der Waals surface area contributed by atoms with Gasteiger partial charge in [-0.05, 0) is 12.8 Å². The Labute approximate surface area is 110 Å². The third-order valence-electron chi connectivity index (χ3n) is 3.63. The number of methoxy groups -OCH3 is 1. The van der Waals surface area contributed by atoms with E-state index >= 15 is 0 Å². The highest BCUT2D eigenvalue weighted by Crippen LogP contribution is 2.29. The van der Waals surface area contributed by atoms with Gasteiger partial charge in [0.05, 0.1) is 18.8 Å². The summed E-state index contributed by atoms with van der Waals surface area (Å²) in [5.41, 5.74) is 0.930.